The van der Waals surface area contributed by atoms with E-state index in [1.807, 2.05) is 0 Å². The van der Waals surface area contributed by atoms with Crippen LogP contribution < -0.4 is 0 Å². The molecule has 1 aliphatic rings. The summed E-state index contributed by atoms with van der Waals surface area (Å²) in [6.45, 7) is 6.32. The zero-order valence-electron chi connectivity index (χ0n) is 7.98. The van der Waals surface area contributed by atoms with Crippen LogP contribution >= 0.6 is 0 Å². The fraction of sp³-hybridized carbons (Fsp3) is 0.800. The van der Waals surface area contributed by atoms with Crippen LogP contribution in [0.2, 0.25) is 0 Å². The Labute approximate surface area is 73.6 Å². The van der Waals surface area contributed by atoms with Crippen molar-refractivity contribution in [2.24, 2.45) is 10.8 Å². The zero-order valence-corrected chi connectivity index (χ0v) is 7.98. The summed E-state index contributed by atoms with van der Waals surface area (Å²) in [4.78, 5) is 10.8. The molecule has 0 spiro atoms. The van der Waals surface area contributed by atoms with Gasteiger partial charge in [0.25, 0.3) is 0 Å². The minimum Gasteiger partial charge on any atom is -0.300 e. The van der Waals surface area contributed by atoms with Crippen molar-refractivity contribution in [1.82, 2.24) is 0 Å². The van der Waals surface area contributed by atoms with E-state index in [1.165, 1.54) is 0 Å². The normalized spacial score (nSPS) is 21.3. The molecular weight excluding hydrogens is 150 g/mol. The van der Waals surface area contributed by atoms with Crippen LogP contribution in [0.1, 0.15) is 40.0 Å². The lowest BCUT2D eigenvalue weighted by molar-refractivity contribution is -0.131. The van der Waals surface area contributed by atoms with Gasteiger partial charge in [0.1, 0.15) is 5.78 Å². The Morgan fingerprint density at radius 1 is 1.50 bits per heavy atom. The number of nitrogens with zero attached hydrogens (tertiary/aromatic N) is 1. The first-order chi connectivity index (χ1) is 5.37. The lowest BCUT2D eigenvalue weighted by Crippen LogP contribution is -2.39. The highest BCUT2D eigenvalue weighted by Crippen LogP contribution is 2.46. The van der Waals surface area contributed by atoms with Crippen LogP contribution in [-0.4, -0.2) is 5.78 Å². The quantitative estimate of drug-likeness (QED) is 0.598. The average Bonchev–Trinajstić information content (AvgIpc) is 1.80. The van der Waals surface area contributed by atoms with Crippen molar-refractivity contribution in [1.29, 1.82) is 5.26 Å². The minimum atomic E-state index is -0.324. The molecule has 1 fully saturated rings. The fourth-order valence-electron chi connectivity index (χ4n) is 1.96. The minimum absolute atomic E-state index is 0.149. The Balaban J connectivity index is 2.61. The molecule has 0 amide bonds. The second kappa shape index (κ2) is 2.58. The van der Waals surface area contributed by atoms with Crippen LogP contribution in [0.15, 0.2) is 0 Å². The van der Waals surface area contributed by atoms with E-state index in [0.29, 0.717) is 12.8 Å². The monoisotopic (exact) mass is 165 g/mol. The van der Waals surface area contributed by atoms with Gasteiger partial charge in [-0.3, -0.25) is 4.79 Å². The van der Waals surface area contributed by atoms with E-state index in [-0.39, 0.29) is 16.6 Å². The maximum Gasteiger partial charge on any atom is 0.136 e. The summed E-state index contributed by atoms with van der Waals surface area (Å²) in [7, 11) is 0. The molecule has 2 heteroatoms. The number of nitriles is 1. The predicted octanol–water partition coefficient (Wildman–Crippen LogP) is 2.30. The molecule has 0 aromatic carbocycles. The van der Waals surface area contributed by atoms with E-state index >= 15 is 0 Å². The van der Waals surface area contributed by atoms with Crippen molar-refractivity contribution in [2.75, 3.05) is 0 Å². The third kappa shape index (κ3) is 1.85. The van der Waals surface area contributed by atoms with Crippen molar-refractivity contribution < 1.29 is 4.79 Å². The maximum atomic E-state index is 10.8. The molecule has 0 saturated heterocycles. The van der Waals surface area contributed by atoms with Crippen molar-refractivity contribution >= 4 is 5.78 Å². The van der Waals surface area contributed by atoms with Gasteiger partial charge in [0.15, 0.2) is 0 Å². The van der Waals surface area contributed by atoms with Crippen molar-refractivity contribution in [3.8, 4) is 6.07 Å². The zero-order chi connectivity index (χ0) is 9.41. The average molecular weight is 165 g/mol. The summed E-state index contributed by atoms with van der Waals surface area (Å²) in [5, 5.41) is 8.92. The third-order valence-electron chi connectivity index (χ3n) is 2.18. The highest BCUT2D eigenvalue weighted by atomic mass is 16.1. The van der Waals surface area contributed by atoms with Gasteiger partial charge in [-0.1, -0.05) is 20.8 Å². The van der Waals surface area contributed by atoms with Gasteiger partial charge in [0.05, 0.1) is 11.5 Å². The van der Waals surface area contributed by atoms with Gasteiger partial charge in [-0.2, -0.15) is 5.26 Å². The van der Waals surface area contributed by atoms with Gasteiger partial charge in [-0.15, -0.1) is 0 Å². The number of hydrogen-bond acceptors (Lipinski definition) is 2. The summed E-state index contributed by atoms with van der Waals surface area (Å²) in [6.07, 6.45) is 1.78. The smallest absolute Gasteiger partial charge is 0.136 e. The summed E-state index contributed by atoms with van der Waals surface area (Å²) >= 11 is 0. The number of Topliss-reactive ketones (excluding diaryl/α,β-unsaturated/α-hetero) is 1. The van der Waals surface area contributed by atoms with Gasteiger partial charge in [-0.25, -0.2) is 0 Å². The maximum absolute atomic E-state index is 10.8. The molecule has 0 N–H and O–H groups in total. The van der Waals surface area contributed by atoms with E-state index in [2.05, 4.69) is 26.8 Å². The van der Waals surface area contributed by atoms with Crippen LogP contribution in [0.4, 0.5) is 0 Å². The van der Waals surface area contributed by atoms with Crippen LogP contribution in [0.5, 0.6) is 0 Å². The molecule has 1 saturated carbocycles. The molecule has 0 bridgehead atoms. The number of carbonyl (C=O) groups is 1. The second-order valence-corrected chi connectivity index (χ2v) is 5.02. The van der Waals surface area contributed by atoms with Gasteiger partial charge in [-0.05, 0) is 11.8 Å². The molecule has 2 nitrogen and oxygen atoms in total. The van der Waals surface area contributed by atoms with E-state index < -0.39 is 0 Å². The molecule has 0 radical (unpaired) electrons. The molecule has 12 heavy (non-hydrogen) atoms. The lowest BCUT2D eigenvalue weighted by atomic mass is 9.62. The summed E-state index contributed by atoms with van der Waals surface area (Å²) in [5.41, 5.74) is -0.175. The lowest BCUT2D eigenvalue weighted by Gasteiger charge is -2.38. The largest absolute Gasteiger partial charge is 0.300 e. The van der Waals surface area contributed by atoms with E-state index in [1.54, 1.807) is 0 Å². The molecule has 0 heterocycles. The first-order valence-corrected chi connectivity index (χ1v) is 4.30. The Bertz CT molecular complexity index is 234. The Kier molecular flexibility index (Phi) is 1.99. The van der Waals surface area contributed by atoms with E-state index in [9.17, 15) is 4.79 Å². The Morgan fingerprint density at radius 3 is 2.25 bits per heavy atom. The topological polar surface area (TPSA) is 40.9 Å². The van der Waals surface area contributed by atoms with Gasteiger partial charge < -0.3 is 0 Å². The molecule has 1 rings (SSSR count). The molecule has 0 aliphatic heterocycles. The van der Waals surface area contributed by atoms with Crippen LogP contribution in [0.3, 0.4) is 0 Å². The van der Waals surface area contributed by atoms with Gasteiger partial charge in [0.2, 0.25) is 0 Å². The first-order valence-electron chi connectivity index (χ1n) is 4.30. The van der Waals surface area contributed by atoms with Crippen molar-refractivity contribution in [3.05, 3.63) is 0 Å². The van der Waals surface area contributed by atoms with Crippen LogP contribution in [0, 0.1) is 22.2 Å². The summed E-state index contributed by atoms with van der Waals surface area (Å²) < 4.78 is 0. The SMILES string of the molecule is CC(C)(C)CC1(C#N)CC(=O)C1. The van der Waals surface area contributed by atoms with Gasteiger partial charge >= 0.3 is 0 Å². The molecule has 0 unspecified atom stereocenters. The predicted molar refractivity (Wildman–Crippen MR) is 46.4 cm³/mol. The molecule has 1 aliphatic carbocycles. The van der Waals surface area contributed by atoms with Gasteiger partial charge in [0, 0.05) is 12.8 Å². The van der Waals surface area contributed by atoms with E-state index in [4.69, 9.17) is 5.26 Å². The number of hydrogen-bond donors (Lipinski definition) is 0. The summed E-state index contributed by atoms with van der Waals surface area (Å²) in [6, 6.07) is 2.28. The highest BCUT2D eigenvalue weighted by Gasteiger charge is 2.45. The standard InChI is InChI=1S/C10H15NO/c1-9(2,3)6-10(7-11)4-8(12)5-10/h4-6H2,1-3H3. The number of ketones is 1. The number of carbonyl (C=O) groups excluding carboxylic acids is 1. The summed E-state index contributed by atoms with van der Waals surface area (Å²) in [5.74, 6) is 0.237. The molecular formula is C10H15NO. The molecule has 0 aromatic rings. The van der Waals surface area contributed by atoms with Crippen molar-refractivity contribution in [2.45, 2.75) is 40.0 Å². The van der Waals surface area contributed by atoms with Crippen LogP contribution in [-0.2, 0) is 4.79 Å². The molecule has 0 atom stereocenters. The molecule has 0 aromatic heterocycles. The van der Waals surface area contributed by atoms with Crippen molar-refractivity contribution in [3.63, 3.8) is 0 Å². The molecule has 66 valence electrons. The Hall–Kier alpha value is -0.840. The second-order valence-electron chi connectivity index (χ2n) is 5.02. The fourth-order valence-corrected chi connectivity index (χ4v) is 1.96. The number of rotatable bonds is 1. The van der Waals surface area contributed by atoms with Crippen LogP contribution in [0.25, 0.3) is 0 Å². The third-order valence-corrected chi connectivity index (χ3v) is 2.18. The highest BCUT2D eigenvalue weighted by molar-refractivity contribution is 5.87. The Morgan fingerprint density at radius 2 is 2.00 bits per heavy atom. The van der Waals surface area contributed by atoms with E-state index in [0.717, 1.165) is 6.42 Å². The first kappa shape index (κ1) is 9.25.